The first-order valence-corrected chi connectivity index (χ1v) is 5.81. The third-order valence-corrected chi connectivity index (χ3v) is 2.94. The molecule has 0 aromatic heterocycles. The van der Waals surface area contributed by atoms with Crippen LogP contribution in [-0.2, 0) is 19.3 Å². The van der Waals surface area contributed by atoms with Crippen molar-refractivity contribution in [3.63, 3.8) is 0 Å². The Labute approximate surface area is 104 Å². The summed E-state index contributed by atoms with van der Waals surface area (Å²) in [6.07, 6.45) is 7.75. The van der Waals surface area contributed by atoms with Gasteiger partial charge in [-0.05, 0) is 42.9 Å². The minimum atomic E-state index is 0.390. The number of benzene rings is 1. The highest BCUT2D eigenvalue weighted by atomic mass is 16.3. The fraction of sp³-hybridized carbons (Fsp3) is 0.250. The molecule has 0 bridgehead atoms. The Kier molecular flexibility index (Phi) is 4.77. The summed E-state index contributed by atoms with van der Waals surface area (Å²) < 4.78 is 0. The van der Waals surface area contributed by atoms with E-state index in [9.17, 15) is 5.11 Å². The molecule has 0 heterocycles. The van der Waals surface area contributed by atoms with E-state index in [0.717, 1.165) is 35.1 Å². The molecule has 0 saturated heterocycles. The molecule has 0 spiro atoms. The summed E-state index contributed by atoms with van der Waals surface area (Å²) in [6.45, 7) is 13.2. The summed E-state index contributed by atoms with van der Waals surface area (Å²) in [5.41, 5.74) is 4.15. The normalized spacial score (nSPS) is 9.94. The summed E-state index contributed by atoms with van der Waals surface area (Å²) in [5, 5.41) is 10.2. The molecule has 1 aromatic rings. The van der Waals surface area contributed by atoms with Gasteiger partial charge >= 0.3 is 0 Å². The number of aromatic hydroxyl groups is 1. The Bertz CT molecular complexity index is 441. The number of hydrogen-bond acceptors (Lipinski definition) is 1. The molecule has 0 amide bonds. The SMILES string of the molecule is C=CCc1cc(CC=C)c(CC=C)c(O)c1C. The zero-order valence-corrected chi connectivity index (χ0v) is 10.5. The van der Waals surface area contributed by atoms with Crippen LogP contribution in [0.15, 0.2) is 44.0 Å². The third kappa shape index (κ3) is 2.88. The van der Waals surface area contributed by atoms with E-state index in [1.165, 1.54) is 0 Å². The van der Waals surface area contributed by atoms with Gasteiger partial charge in [-0.25, -0.2) is 0 Å². The maximum atomic E-state index is 10.2. The zero-order chi connectivity index (χ0) is 12.8. The molecule has 0 fully saturated rings. The predicted octanol–water partition coefficient (Wildman–Crippen LogP) is 3.89. The van der Waals surface area contributed by atoms with Crippen LogP contribution in [0, 0.1) is 6.92 Å². The lowest BCUT2D eigenvalue weighted by atomic mass is 9.92. The standard InChI is InChI=1S/C16H20O/c1-5-8-13-11-14(9-6-2)15(10-7-3)16(17)12(13)4/h5-7,11,17H,1-3,8-10H2,4H3. The molecule has 1 aromatic carbocycles. The molecule has 1 heteroatoms. The Morgan fingerprint density at radius 3 is 2.06 bits per heavy atom. The van der Waals surface area contributed by atoms with E-state index in [1.54, 1.807) is 0 Å². The quantitative estimate of drug-likeness (QED) is 0.732. The van der Waals surface area contributed by atoms with Gasteiger partial charge in [0.25, 0.3) is 0 Å². The first kappa shape index (κ1) is 13.3. The zero-order valence-electron chi connectivity index (χ0n) is 10.5. The first-order chi connectivity index (χ1) is 8.15. The van der Waals surface area contributed by atoms with E-state index in [-0.39, 0.29) is 0 Å². The molecular weight excluding hydrogens is 208 g/mol. The summed E-state index contributed by atoms with van der Waals surface area (Å²) >= 11 is 0. The van der Waals surface area contributed by atoms with Gasteiger partial charge in [0.05, 0.1) is 0 Å². The molecule has 0 aliphatic rings. The monoisotopic (exact) mass is 228 g/mol. The second-order valence-electron chi connectivity index (χ2n) is 4.13. The molecule has 1 N–H and O–H groups in total. The molecule has 1 rings (SSSR count). The minimum absolute atomic E-state index is 0.390. The van der Waals surface area contributed by atoms with Crippen LogP contribution < -0.4 is 0 Å². The molecule has 0 aliphatic heterocycles. The lowest BCUT2D eigenvalue weighted by Crippen LogP contribution is -1.99. The van der Waals surface area contributed by atoms with Crippen molar-refractivity contribution in [3.8, 4) is 5.75 Å². The number of rotatable bonds is 6. The van der Waals surface area contributed by atoms with Gasteiger partial charge in [-0.1, -0.05) is 24.3 Å². The largest absolute Gasteiger partial charge is 0.507 e. The topological polar surface area (TPSA) is 20.2 Å². The second kappa shape index (κ2) is 6.09. The molecular formula is C16H20O. The molecule has 1 nitrogen and oxygen atoms in total. The van der Waals surface area contributed by atoms with Crippen LogP contribution in [0.3, 0.4) is 0 Å². The highest BCUT2D eigenvalue weighted by Gasteiger charge is 2.12. The van der Waals surface area contributed by atoms with Gasteiger partial charge in [-0.2, -0.15) is 0 Å². The van der Waals surface area contributed by atoms with Gasteiger partial charge < -0.3 is 5.11 Å². The van der Waals surface area contributed by atoms with E-state index < -0.39 is 0 Å². The Morgan fingerprint density at radius 1 is 1.00 bits per heavy atom. The number of phenols is 1. The maximum absolute atomic E-state index is 10.2. The van der Waals surface area contributed by atoms with Crippen LogP contribution in [0.4, 0.5) is 0 Å². The first-order valence-electron chi connectivity index (χ1n) is 5.81. The molecule has 0 saturated carbocycles. The molecule has 0 aliphatic carbocycles. The van der Waals surface area contributed by atoms with Crippen LogP contribution in [0.2, 0.25) is 0 Å². The molecule has 0 radical (unpaired) electrons. The van der Waals surface area contributed by atoms with Crippen LogP contribution in [0.1, 0.15) is 22.3 Å². The Morgan fingerprint density at radius 2 is 1.53 bits per heavy atom. The van der Waals surface area contributed by atoms with Crippen molar-refractivity contribution in [3.05, 3.63) is 66.3 Å². The molecule has 0 atom stereocenters. The van der Waals surface area contributed by atoms with Crippen molar-refractivity contribution < 1.29 is 5.11 Å². The number of hydrogen-bond donors (Lipinski definition) is 1. The van der Waals surface area contributed by atoms with Crippen molar-refractivity contribution in [1.29, 1.82) is 0 Å². The van der Waals surface area contributed by atoms with Gasteiger partial charge in [0.15, 0.2) is 0 Å². The highest BCUT2D eigenvalue weighted by Crippen LogP contribution is 2.30. The smallest absolute Gasteiger partial charge is 0.122 e. The van der Waals surface area contributed by atoms with Crippen LogP contribution in [0.5, 0.6) is 5.75 Å². The van der Waals surface area contributed by atoms with Crippen molar-refractivity contribution in [1.82, 2.24) is 0 Å². The average molecular weight is 228 g/mol. The third-order valence-electron chi connectivity index (χ3n) is 2.94. The lowest BCUT2D eigenvalue weighted by Gasteiger charge is -2.15. The molecule has 90 valence electrons. The van der Waals surface area contributed by atoms with Crippen molar-refractivity contribution in [2.75, 3.05) is 0 Å². The Balaban J connectivity index is 3.37. The summed E-state index contributed by atoms with van der Waals surface area (Å²) in [4.78, 5) is 0. The average Bonchev–Trinajstić information content (AvgIpc) is 2.31. The van der Waals surface area contributed by atoms with Crippen molar-refractivity contribution in [2.45, 2.75) is 26.2 Å². The van der Waals surface area contributed by atoms with E-state index in [0.29, 0.717) is 12.2 Å². The van der Waals surface area contributed by atoms with Gasteiger partial charge in [0.1, 0.15) is 5.75 Å². The fourth-order valence-electron chi connectivity index (χ4n) is 2.01. The summed E-state index contributed by atoms with van der Waals surface area (Å²) in [7, 11) is 0. The second-order valence-corrected chi connectivity index (χ2v) is 4.13. The fourth-order valence-corrected chi connectivity index (χ4v) is 2.01. The molecule has 0 unspecified atom stereocenters. The maximum Gasteiger partial charge on any atom is 0.122 e. The van der Waals surface area contributed by atoms with Gasteiger partial charge in [0, 0.05) is 5.56 Å². The summed E-state index contributed by atoms with van der Waals surface area (Å²) in [6, 6.07) is 2.14. The van der Waals surface area contributed by atoms with E-state index in [4.69, 9.17) is 0 Å². The van der Waals surface area contributed by atoms with Crippen LogP contribution >= 0.6 is 0 Å². The number of phenolic OH excluding ortho intramolecular Hbond substituents is 1. The highest BCUT2D eigenvalue weighted by molar-refractivity contribution is 5.51. The van der Waals surface area contributed by atoms with E-state index in [2.05, 4.69) is 25.8 Å². The van der Waals surface area contributed by atoms with Gasteiger partial charge in [-0.3, -0.25) is 0 Å². The van der Waals surface area contributed by atoms with Crippen molar-refractivity contribution in [2.24, 2.45) is 0 Å². The number of allylic oxidation sites excluding steroid dienone is 3. The summed E-state index contributed by atoms with van der Waals surface area (Å²) in [5.74, 6) is 0.390. The van der Waals surface area contributed by atoms with Crippen molar-refractivity contribution >= 4 is 0 Å². The van der Waals surface area contributed by atoms with Crippen LogP contribution in [0.25, 0.3) is 0 Å². The predicted molar refractivity (Wildman–Crippen MR) is 74.5 cm³/mol. The minimum Gasteiger partial charge on any atom is -0.507 e. The Hall–Kier alpha value is -1.76. The van der Waals surface area contributed by atoms with Crippen LogP contribution in [-0.4, -0.2) is 5.11 Å². The van der Waals surface area contributed by atoms with Gasteiger partial charge in [-0.15, -0.1) is 19.7 Å². The van der Waals surface area contributed by atoms with E-state index in [1.807, 2.05) is 25.2 Å². The van der Waals surface area contributed by atoms with E-state index >= 15 is 0 Å². The van der Waals surface area contributed by atoms with Gasteiger partial charge in [0.2, 0.25) is 0 Å². The lowest BCUT2D eigenvalue weighted by molar-refractivity contribution is 0.464. The molecule has 17 heavy (non-hydrogen) atoms.